The quantitative estimate of drug-likeness (QED) is 0.735. The zero-order valence-electron chi connectivity index (χ0n) is 16.5. The average molecular weight is 348 g/mol. The molecule has 2 heterocycles. The maximum absolute atomic E-state index is 4.45. The van der Waals surface area contributed by atoms with E-state index in [0.717, 1.165) is 24.8 Å². The minimum Gasteiger partial charge on any atom is -0.300 e. The molecule has 1 aromatic rings. The van der Waals surface area contributed by atoms with E-state index in [-0.39, 0.29) is 0 Å². The minimum absolute atomic E-state index is 0.540. The summed E-state index contributed by atoms with van der Waals surface area (Å²) in [6.45, 7) is 8.99. The molecule has 0 spiro atoms. The van der Waals surface area contributed by atoms with Crippen molar-refractivity contribution in [1.82, 2.24) is 24.8 Å². The molecular weight excluding hydrogens is 310 g/mol. The summed E-state index contributed by atoms with van der Waals surface area (Å²) in [6, 6.07) is 1.39. The van der Waals surface area contributed by atoms with Gasteiger partial charge in [0.2, 0.25) is 0 Å². The molecule has 2 aliphatic rings. The van der Waals surface area contributed by atoms with Crippen molar-refractivity contribution >= 4 is 0 Å². The van der Waals surface area contributed by atoms with Crippen LogP contribution >= 0.6 is 0 Å². The molecule has 0 bridgehead atoms. The first-order chi connectivity index (χ1) is 12.1. The van der Waals surface area contributed by atoms with E-state index in [4.69, 9.17) is 0 Å². The molecule has 1 saturated heterocycles. The molecule has 5 heteroatoms. The topological polar surface area (TPSA) is 37.2 Å². The maximum Gasteiger partial charge on any atom is 0.0967 e. The van der Waals surface area contributed by atoms with Crippen LogP contribution in [0.1, 0.15) is 76.9 Å². The Bertz CT molecular complexity index is 496. The maximum atomic E-state index is 4.45. The molecule has 1 aliphatic carbocycles. The number of likely N-dealkylation sites (tertiary alicyclic amines) is 1. The Morgan fingerprint density at radius 2 is 1.72 bits per heavy atom. The predicted molar refractivity (Wildman–Crippen MR) is 103 cm³/mol. The molecule has 2 fully saturated rings. The van der Waals surface area contributed by atoms with Crippen molar-refractivity contribution in [2.24, 2.45) is 5.92 Å². The lowest BCUT2D eigenvalue weighted by molar-refractivity contribution is 0.119. The molecule has 25 heavy (non-hydrogen) atoms. The standard InChI is InChI=1S/C20H37N5/c1-17(2)14-23(3)15-18-16-25(22-21-18)20-10-12-24(13-11-20)19-8-6-4-5-7-9-19/h16-17,19-20H,4-15H2,1-3H3. The third kappa shape index (κ3) is 5.52. The molecule has 0 radical (unpaired) electrons. The molecule has 1 aromatic heterocycles. The lowest BCUT2D eigenvalue weighted by atomic mass is 10.00. The van der Waals surface area contributed by atoms with Crippen LogP contribution in [0.3, 0.4) is 0 Å². The van der Waals surface area contributed by atoms with Crippen LogP contribution in [0.15, 0.2) is 6.20 Å². The Hall–Kier alpha value is -0.940. The summed E-state index contributed by atoms with van der Waals surface area (Å²) in [5, 5.41) is 8.86. The Morgan fingerprint density at radius 1 is 1.04 bits per heavy atom. The van der Waals surface area contributed by atoms with Crippen LogP contribution in [0.2, 0.25) is 0 Å². The van der Waals surface area contributed by atoms with Crippen molar-refractivity contribution in [3.05, 3.63) is 11.9 Å². The highest BCUT2D eigenvalue weighted by Crippen LogP contribution is 2.28. The Kier molecular flexibility index (Phi) is 6.88. The number of aromatic nitrogens is 3. The summed E-state index contributed by atoms with van der Waals surface area (Å²) in [4.78, 5) is 5.10. The smallest absolute Gasteiger partial charge is 0.0967 e. The van der Waals surface area contributed by atoms with Crippen LogP contribution in [0.4, 0.5) is 0 Å². The highest BCUT2D eigenvalue weighted by atomic mass is 15.4. The molecule has 1 aliphatic heterocycles. The third-order valence-corrected chi connectivity index (χ3v) is 5.88. The monoisotopic (exact) mass is 347 g/mol. The molecular formula is C20H37N5. The van der Waals surface area contributed by atoms with Crippen LogP contribution in [0.5, 0.6) is 0 Å². The van der Waals surface area contributed by atoms with Gasteiger partial charge in [0.15, 0.2) is 0 Å². The summed E-state index contributed by atoms with van der Waals surface area (Å²) in [5.41, 5.74) is 1.11. The molecule has 142 valence electrons. The normalized spacial score (nSPS) is 22.0. The van der Waals surface area contributed by atoms with Crippen molar-refractivity contribution < 1.29 is 0 Å². The number of piperidine rings is 1. The lowest BCUT2D eigenvalue weighted by Crippen LogP contribution is -2.41. The zero-order chi connectivity index (χ0) is 17.6. The highest BCUT2D eigenvalue weighted by molar-refractivity contribution is 4.94. The van der Waals surface area contributed by atoms with Crippen LogP contribution in [-0.2, 0) is 6.54 Å². The summed E-state index contributed by atoms with van der Waals surface area (Å²) < 4.78 is 2.14. The fourth-order valence-electron chi connectivity index (χ4n) is 4.67. The first kappa shape index (κ1) is 18.8. The third-order valence-electron chi connectivity index (χ3n) is 5.88. The van der Waals surface area contributed by atoms with E-state index >= 15 is 0 Å². The van der Waals surface area contributed by atoms with Crippen LogP contribution in [0, 0.1) is 5.92 Å². The molecule has 0 unspecified atom stereocenters. The van der Waals surface area contributed by atoms with Gasteiger partial charge in [-0.25, -0.2) is 4.68 Å². The number of hydrogen-bond donors (Lipinski definition) is 0. The molecule has 0 aromatic carbocycles. The van der Waals surface area contributed by atoms with E-state index in [2.05, 4.69) is 51.9 Å². The van der Waals surface area contributed by atoms with Crippen LogP contribution in [0.25, 0.3) is 0 Å². The van der Waals surface area contributed by atoms with Gasteiger partial charge in [-0.1, -0.05) is 44.7 Å². The Morgan fingerprint density at radius 3 is 2.36 bits per heavy atom. The fraction of sp³-hybridized carbons (Fsp3) is 0.900. The van der Waals surface area contributed by atoms with E-state index in [0.29, 0.717) is 12.0 Å². The van der Waals surface area contributed by atoms with Gasteiger partial charge in [0.05, 0.1) is 17.9 Å². The zero-order valence-corrected chi connectivity index (χ0v) is 16.5. The van der Waals surface area contributed by atoms with Crippen molar-refractivity contribution in [3.8, 4) is 0 Å². The number of rotatable bonds is 6. The molecule has 0 atom stereocenters. The lowest BCUT2D eigenvalue weighted by Gasteiger charge is -2.37. The number of hydrogen-bond acceptors (Lipinski definition) is 4. The van der Waals surface area contributed by atoms with Gasteiger partial charge in [-0.3, -0.25) is 0 Å². The van der Waals surface area contributed by atoms with Gasteiger partial charge in [0, 0.05) is 32.2 Å². The van der Waals surface area contributed by atoms with E-state index in [9.17, 15) is 0 Å². The SMILES string of the molecule is CC(C)CN(C)Cc1cn(C2CCN(C3CCCCCC3)CC2)nn1. The van der Waals surface area contributed by atoms with E-state index < -0.39 is 0 Å². The molecule has 5 nitrogen and oxygen atoms in total. The molecule has 0 N–H and O–H groups in total. The van der Waals surface area contributed by atoms with Crippen molar-refractivity contribution in [1.29, 1.82) is 0 Å². The molecule has 3 rings (SSSR count). The summed E-state index contributed by atoms with van der Waals surface area (Å²) in [7, 11) is 2.17. The van der Waals surface area contributed by atoms with Crippen molar-refractivity contribution in [2.45, 2.75) is 83.8 Å². The highest BCUT2D eigenvalue weighted by Gasteiger charge is 2.27. The van der Waals surface area contributed by atoms with Gasteiger partial charge in [-0.05, 0) is 38.6 Å². The number of nitrogens with zero attached hydrogens (tertiary/aromatic N) is 5. The van der Waals surface area contributed by atoms with Gasteiger partial charge < -0.3 is 9.80 Å². The largest absolute Gasteiger partial charge is 0.300 e. The van der Waals surface area contributed by atoms with E-state index in [1.165, 1.54) is 64.5 Å². The van der Waals surface area contributed by atoms with Crippen LogP contribution in [-0.4, -0.2) is 57.5 Å². The molecule has 1 saturated carbocycles. The van der Waals surface area contributed by atoms with Gasteiger partial charge in [-0.2, -0.15) is 0 Å². The first-order valence-corrected chi connectivity index (χ1v) is 10.4. The van der Waals surface area contributed by atoms with Crippen molar-refractivity contribution in [2.75, 3.05) is 26.7 Å². The van der Waals surface area contributed by atoms with Gasteiger partial charge in [0.1, 0.15) is 0 Å². The fourth-order valence-corrected chi connectivity index (χ4v) is 4.67. The van der Waals surface area contributed by atoms with Gasteiger partial charge >= 0.3 is 0 Å². The summed E-state index contributed by atoms with van der Waals surface area (Å²) in [6.07, 6.45) is 13.2. The second-order valence-electron chi connectivity index (χ2n) is 8.69. The predicted octanol–water partition coefficient (Wildman–Crippen LogP) is 3.73. The second-order valence-corrected chi connectivity index (χ2v) is 8.69. The summed E-state index contributed by atoms with van der Waals surface area (Å²) >= 11 is 0. The second kappa shape index (κ2) is 9.13. The first-order valence-electron chi connectivity index (χ1n) is 10.4. The Balaban J connectivity index is 1.48. The van der Waals surface area contributed by atoms with E-state index in [1.54, 1.807) is 0 Å². The molecule has 0 amide bonds. The summed E-state index contributed by atoms with van der Waals surface area (Å²) in [5.74, 6) is 0.688. The van der Waals surface area contributed by atoms with Gasteiger partial charge in [0.25, 0.3) is 0 Å². The van der Waals surface area contributed by atoms with Crippen molar-refractivity contribution in [3.63, 3.8) is 0 Å². The Labute approximate surface area is 153 Å². The minimum atomic E-state index is 0.540. The van der Waals surface area contributed by atoms with Gasteiger partial charge in [-0.15, -0.1) is 5.10 Å². The van der Waals surface area contributed by atoms with E-state index in [1.807, 2.05) is 0 Å². The average Bonchev–Trinajstić information content (AvgIpc) is 2.87. The van der Waals surface area contributed by atoms with Crippen LogP contribution < -0.4 is 0 Å².